The molecule has 0 fully saturated rings. The lowest BCUT2D eigenvalue weighted by atomic mass is 9.88. The smallest absolute Gasteiger partial charge is 0.265 e. The lowest BCUT2D eigenvalue weighted by molar-refractivity contribution is 0.0657. The predicted molar refractivity (Wildman–Crippen MR) is 134 cm³/mol. The monoisotopic (exact) mass is 441 g/mol. The summed E-state index contributed by atoms with van der Waals surface area (Å²) in [6.07, 6.45) is 7.31. The Hall–Kier alpha value is -4.44. The maximum absolute atomic E-state index is 13.5. The Morgan fingerprint density at radius 2 is 1.47 bits per heavy atom. The first-order chi connectivity index (χ1) is 16.7. The number of carbonyl (C=O) groups excluding carboxylic acids is 2. The number of allylic oxidation sites excluding steroid dienone is 4. The Morgan fingerprint density at radius 1 is 0.706 bits per heavy atom. The number of imide groups is 1. The quantitative estimate of drug-likeness (QED) is 0.271. The van der Waals surface area contributed by atoms with Crippen LogP contribution in [-0.4, -0.2) is 16.7 Å². The molecule has 0 bridgehead atoms. The Morgan fingerprint density at radius 3 is 2.32 bits per heavy atom. The number of benzene rings is 4. The van der Waals surface area contributed by atoms with Gasteiger partial charge in [-0.3, -0.25) is 9.59 Å². The van der Waals surface area contributed by atoms with Crippen LogP contribution < -0.4 is 0 Å². The van der Waals surface area contributed by atoms with Crippen molar-refractivity contribution in [1.82, 2.24) is 4.90 Å². The molecule has 1 aromatic heterocycles. The van der Waals surface area contributed by atoms with Crippen LogP contribution in [0.1, 0.15) is 33.6 Å². The zero-order valence-corrected chi connectivity index (χ0v) is 18.2. The van der Waals surface area contributed by atoms with Gasteiger partial charge in [0, 0.05) is 33.0 Å². The third-order valence-corrected chi connectivity index (χ3v) is 6.88. The lowest BCUT2D eigenvalue weighted by Gasteiger charge is -2.30. The van der Waals surface area contributed by atoms with E-state index in [1.807, 2.05) is 72.8 Å². The molecular formula is C30H19NO3. The molecule has 0 saturated heterocycles. The van der Waals surface area contributed by atoms with E-state index in [4.69, 9.17) is 4.42 Å². The van der Waals surface area contributed by atoms with Crippen molar-refractivity contribution in [2.24, 2.45) is 0 Å². The second-order valence-corrected chi connectivity index (χ2v) is 8.77. The zero-order chi connectivity index (χ0) is 22.8. The van der Waals surface area contributed by atoms with Crippen LogP contribution in [-0.2, 0) is 0 Å². The summed E-state index contributed by atoms with van der Waals surface area (Å²) in [6, 6.07) is 23.7. The first kappa shape index (κ1) is 19.1. The van der Waals surface area contributed by atoms with Crippen LogP contribution >= 0.6 is 0 Å². The molecule has 2 heterocycles. The Balaban J connectivity index is 1.42. The maximum atomic E-state index is 13.5. The van der Waals surface area contributed by atoms with Crippen LogP contribution in [0.5, 0.6) is 0 Å². The molecule has 0 unspecified atom stereocenters. The van der Waals surface area contributed by atoms with Gasteiger partial charge in [0.05, 0.1) is 0 Å². The van der Waals surface area contributed by atoms with E-state index in [1.54, 1.807) is 0 Å². The highest BCUT2D eigenvalue weighted by Crippen LogP contribution is 2.39. The van der Waals surface area contributed by atoms with E-state index < -0.39 is 0 Å². The van der Waals surface area contributed by atoms with E-state index in [1.165, 1.54) is 4.90 Å². The van der Waals surface area contributed by atoms with E-state index in [-0.39, 0.29) is 11.8 Å². The Bertz CT molecular complexity index is 1730. The molecule has 4 aromatic carbocycles. The van der Waals surface area contributed by atoms with Gasteiger partial charge >= 0.3 is 0 Å². The van der Waals surface area contributed by atoms with Crippen molar-refractivity contribution in [1.29, 1.82) is 0 Å². The minimum Gasteiger partial charge on any atom is -0.456 e. The summed E-state index contributed by atoms with van der Waals surface area (Å²) in [4.78, 5) is 28.3. The first-order valence-corrected chi connectivity index (χ1v) is 11.4. The topological polar surface area (TPSA) is 50.5 Å². The first-order valence-electron chi connectivity index (χ1n) is 11.4. The van der Waals surface area contributed by atoms with Crippen molar-refractivity contribution in [3.63, 3.8) is 0 Å². The van der Waals surface area contributed by atoms with Crippen molar-refractivity contribution >= 4 is 44.5 Å². The van der Waals surface area contributed by atoms with Crippen molar-refractivity contribution in [3.8, 4) is 11.1 Å². The highest BCUT2D eigenvalue weighted by atomic mass is 16.3. The summed E-state index contributed by atoms with van der Waals surface area (Å²) < 4.78 is 6.10. The van der Waals surface area contributed by atoms with E-state index in [9.17, 15) is 9.59 Å². The van der Waals surface area contributed by atoms with Gasteiger partial charge in [-0.1, -0.05) is 54.6 Å². The molecule has 0 spiro atoms. The van der Waals surface area contributed by atoms with E-state index >= 15 is 0 Å². The average molecular weight is 441 g/mol. The van der Waals surface area contributed by atoms with Gasteiger partial charge < -0.3 is 4.42 Å². The second-order valence-electron chi connectivity index (χ2n) is 8.77. The summed E-state index contributed by atoms with van der Waals surface area (Å²) in [6.45, 7) is 0. The molecule has 0 atom stereocenters. The van der Waals surface area contributed by atoms with Gasteiger partial charge in [-0.2, -0.15) is 0 Å². The van der Waals surface area contributed by atoms with E-state index in [0.29, 0.717) is 17.5 Å². The molecule has 4 nitrogen and oxygen atoms in total. The standard InChI is InChI=1S/C30H19NO3/c32-29-24-11-6-10-23-20(18-13-14-22-21-9-4-5-12-26(21)34-27(22)17-18)15-16-25(28(23)24)30(33)31(29)19-7-2-1-3-8-19/h1-2,4-7,9-17H,3,8H2. The van der Waals surface area contributed by atoms with Gasteiger partial charge in [0.1, 0.15) is 11.2 Å². The number of carbonyl (C=O) groups is 2. The summed E-state index contributed by atoms with van der Waals surface area (Å²) in [5.41, 5.74) is 5.50. The molecule has 0 radical (unpaired) electrons. The van der Waals surface area contributed by atoms with Gasteiger partial charge in [0.25, 0.3) is 11.8 Å². The fraction of sp³-hybridized carbons (Fsp3) is 0.0667. The number of hydrogen-bond donors (Lipinski definition) is 0. The number of hydrogen-bond acceptors (Lipinski definition) is 3. The molecule has 7 rings (SSSR count). The highest BCUT2D eigenvalue weighted by molar-refractivity contribution is 6.27. The Labute approximate surface area is 195 Å². The molecule has 2 aliphatic rings. The molecule has 4 heteroatoms. The fourth-order valence-corrected chi connectivity index (χ4v) is 5.28. The average Bonchev–Trinajstić information content (AvgIpc) is 3.25. The lowest BCUT2D eigenvalue weighted by Crippen LogP contribution is -2.39. The van der Waals surface area contributed by atoms with Crippen LogP contribution in [0.25, 0.3) is 43.8 Å². The van der Waals surface area contributed by atoms with E-state index in [0.717, 1.165) is 56.0 Å². The molecular weight excluding hydrogens is 422 g/mol. The van der Waals surface area contributed by atoms with Crippen LogP contribution in [0.15, 0.2) is 101 Å². The van der Waals surface area contributed by atoms with Crippen LogP contribution in [0.4, 0.5) is 0 Å². The summed E-state index contributed by atoms with van der Waals surface area (Å²) in [5, 5.41) is 3.77. The highest BCUT2D eigenvalue weighted by Gasteiger charge is 2.35. The molecule has 0 saturated carbocycles. The second kappa shape index (κ2) is 7.03. The van der Waals surface area contributed by atoms with Crippen molar-refractivity contribution in [2.75, 3.05) is 0 Å². The molecule has 2 amide bonds. The van der Waals surface area contributed by atoms with Gasteiger partial charge in [-0.15, -0.1) is 0 Å². The molecule has 5 aromatic rings. The maximum Gasteiger partial charge on any atom is 0.265 e. The van der Waals surface area contributed by atoms with Crippen LogP contribution in [0.2, 0.25) is 0 Å². The summed E-state index contributed by atoms with van der Waals surface area (Å²) in [7, 11) is 0. The van der Waals surface area contributed by atoms with E-state index in [2.05, 4.69) is 18.2 Å². The normalized spacial score (nSPS) is 15.5. The molecule has 34 heavy (non-hydrogen) atoms. The van der Waals surface area contributed by atoms with Crippen molar-refractivity contribution in [2.45, 2.75) is 12.8 Å². The number of amides is 2. The number of nitrogens with zero attached hydrogens (tertiary/aromatic N) is 1. The van der Waals surface area contributed by atoms with Crippen molar-refractivity contribution in [3.05, 3.63) is 108 Å². The molecule has 1 aliphatic carbocycles. The third kappa shape index (κ3) is 2.59. The van der Waals surface area contributed by atoms with Gasteiger partial charge in [0.2, 0.25) is 0 Å². The zero-order valence-electron chi connectivity index (χ0n) is 18.2. The van der Waals surface area contributed by atoms with Gasteiger partial charge in [0.15, 0.2) is 0 Å². The predicted octanol–water partition coefficient (Wildman–Crippen LogP) is 7.24. The van der Waals surface area contributed by atoms with Gasteiger partial charge in [-0.25, -0.2) is 4.90 Å². The number of para-hydroxylation sites is 1. The van der Waals surface area contributed by atoms with Crippen LogP contribution in [0, 0.1) is 0 Å². The summed E-state index contributed by atoms with van der Waals surface area (Å²) in [5.74, 6) is -0.510. The number of fused-ring (bicyclic) bond motifs is 3. The largest absolute Gasteiger partial charge is 0.456 e. The van der Waals surface area contributed by atoms with Crippen molar-refractivity contribution < 1.29 is 14.0 Å². The summed E-state index contributed by atoms with van der Waals surface area (Å²) >= 11 is 0. The number of rotatable bonds is 2. The number of furan rings is 1. The fourth-order valence-electron chi connectivity index (χ4n) is 5.28. The molecule has 1 aliphatic heterocycles. The molecule has 162 valence electrons. The van der Waals surface area contributed by atoms with Gasteiger partial charge in [-0.05, 0) is 65.8 Å². The Kier molecular flexibility index (Phi) is 3.94. The minimum absolute atomic E-state index is 0.255. The SMILES string of the molecule is O=C1c2cccc3c(-c4ccc5c(c4)oc4ccccc45)ccc(c23)C(=O)N1C1=CC=CCC1. The minimum atomic E-state index is -0.255. The van der Waals surface area contributed by atoms with Crippen LogP contribution in [0.3, 0.4) is 0 Å². The molecule has 0 N–H and O–H groups in total. The third-order valence-electron chi connectivity index (χ3n) is 6.88.